The molecule has 0 bridgehead atoms. The maximum atomic E-state index is 11.6. The molecule has 0 fully saturated rings. The summed E-state index contributed by atoms with van der Waals surface area (Å²) < 4.78 is 11.4. The van der Waals surface area contributed by atoms with Gasteiger partial charge < -0.3 is 14.5 Å². The van der Waals surface area contributed by atoms with Gasteiger partial charge in [0.05, 0.1) is 15.6 Å². The van der Waals surface area contributed by atoms with Crippen molar-refractivity contribution in [3.63, 3.8) is 0 Å². The predicted octanol–water partition coefficient (Wildman–Crippen LogP) is 1.77. The topological polar surface area (TPSA) is 127 Å². The van der Waals surface area contributed by atoms with Crippen LogP contribution in [0, 0.1) is 26.0 Å². The van der Waals surface area contributed by atoms with E-state index in [1.165, 1.54) is 19.3 Å². The summed E-state index contributed by atoms with van der Waals surface area (Å²) >= 11 is 2.03. The molecule has 0 saturated heterocycles. The standard InChI is InChI=1S/C16H12IN3O6/c1-3-6-26-14-10(17)7-9(8-12(14)25-2)4-5-11-13(20(23)24)15(21)19-16(22)18-11/h1,4-5,7-8H,6H2,2H3,(H2,18,19,21,22)/b5-4-. The number of hydrogen-bond donors (Lipinski definition) is 2. The van der Waals surface area contributed by atoms with Crippen molar-refractivity contribution in [2.24, 2.45) is 0 Å². The fourth-order valence-electron chi connectivity index (χ4n) is 2.07. The van der Waals surface area contributed by atoms with Crippen LogP contribution in [0.15, 0.2) is 21.7 Å². The summed E-state index contributed by atoms with van der Waals surface area (Å²) in [5, 5.41) is 11.0. The average molecular weight is 469 g/mol. The second-order valence-electron chi connectivity index (χ2n) is 4.79. The van der Waals surface area contributed by atoms with Crippen molar-refractivity contribution in [3.8, 4) is 23.8 Å². The number of rotatable bonds is 6. The molecule has 9 nitrogen and oxygen atoms in total. The van der Waals surface area contributed by atoms with Crippen molar-refractivity contribution < 1.29 is 14.4 Å². The Morgan fingerprint density at radius 1 is 1.35 bits per heavy atom. The van der Waals surface area contributed by atoms with Crippen molar-refractivity contribution in [2.75, 3.05) is 13.7 Å². The van der Waals surface area contributed by atoms with Crippen LogP contribution in [-0.4, -0.2) is 28.6 Å². The molecule has 0 radical (unpaired) electrons. The number of nitrogens with one attached hydrogen (secondary N) is 2. The summed E-state index contributed by atoms with van der Waals surface area (Å²) in [5.41, 5.74) is -2.29. The number of methoxy groups -OCH3 is 1. The van der Waals surface area contributed by atoms with Gasteiger partial charge in [0, 0.05) is 0 Å². The van der Waals surface area contributed by atoms with Crippen LogP contribution in [0.3, 0.4) is 0 Å². The van der Waals surface area contributed by atoms with Gasteiger partial charge in [0.1, 0.15) is 12.3 Å². The fraction of sp³-hybridized carbons (Fsp3) is 0.125. The highest BCUT2D eigenvalue weighted by atomic mass is 127. The molecule has 10 heteroatoms. The molecule has 2 N–H and O–H groups in total. The zero-order chi connectivity index (χ0) is 19.3. The second-order valence-corrected chi connectivity index (χ2v) is 5.95. The highest BCUT2D eigenvalue weighted by molar-refractivity contribution is 14.1. The Hall–Kier alpha value is -3.07. The third-order valence-corrected chi connectivity index (χ3v) is 3.92. The highest BCUT2D eigenvalue weighted by Crippen LogP contribution is 2.34. The number of aromatic nitrogens is 2. The Bertz CT molecular complexity index is 1030. The Morgan fingerprint density at radius 2 is 2.08 bits per heavy atom. The van der Waals surface area contributed by atoms with Crippen molar-refractivity contribution in [1.82, 2.24) is 9.97 Å². The van der Waals surface area contributed by atoms with Crippen molar-refractivity contribution in [2.45, 2.75) is 0 Å². The number of H-pyrrole nitrogens is 2. The highest BCUT2D eigenvalue weighted by Gasteiger charge is 2.19. The zero-order valence-electron chi connectivity index (χ0n) is 13.4. The largest absolute Gasteiger partial charge is 0.493 e. The van der Waals surface area contributed by atoms with Crippen LogP contribution in [0.5, 0.6) is 11.5 Å². The minimum atomic E-state index is -1.08. The predicted molar refractivity (Wildman–Crippen MR) is 103 cm³/mol. The normalized spacial score (nSPS) is 10.5. The quantitative estimate of drug-likeness (QED) is 0.287. The molecule has 0 aliphatic rings. The smallest absolute Gasteiger partial charge is 0.357 e. The number of halogens is 1. The van der Waals surface area contributed by atoms with Gasteiger partial charge in [-0.3, -0.25) is 19.9 Å². The van der Waals surface area contributed by atoms with Crippen LogP contribution >= 0.6 is 22.6 Å². The van der Waals surface area contributed by atoms with E-state index < -0.39 is 21.9 Å². The molecule has 2 rings (SSSR count). The van der Waals surface area contributed by atoms with E-state index in [0.29, 0.717) is 20.6 Å². The van der Waals surface area contributed by atoms with Gasteiger partial charge in [-0.25, -0.2) is 4.79 Å². The Kier molecular flexibility index (Phi) is 6.18. The number of aromatic amines is 2. The molecular formula is C16H12IN3O6. The summed E-state index contributed by atoms with van der Waals surface area (Å²) in [7, 11) is 1.46. The van der Waals surface area contributed by atoms with Gasteiger partial charge in [0.2, 0.25) is 0 Å². The SMILES string of the molecule is C#CCOc1c(I)cc(/C=C\c2[nH]c(=O)[nH]c(=O)c2[N+](=O)[O-])cc1OC. The summed E-state index contributed by atoms with van der Waals surface area (Å²) in [4.78, 5) is 37.2. The van der Waals surface area contributed by atoms with Gasteiger partial charge in [-0.05, 0) is 46.4 Å². The molecule has 1 heterocycles. The first-order valence-corrected chi connectivity index (χ1v) is 8.08. The summed E-state index contributed by atoms with van der Waals surface area (Å²) in [6.45, 7) is 0.0712. The first-order chi connectivity index (χ1) is 12.4. The Morgan fingerprint density at radius 3 is 2.69 bits per heavy atom. The van der Waals surface area contributed by atoms with Crippen LogP contribution in [0.2, 0.25) is 0 Å². The van der Waals surface area contributed by atoms with Crippen LogP contribution < -0.4 is 20.7 Å². The third-order valence-electron chi connectivity index (χ3n) is 3.12. The van der Waals surface area contributed by atoms with Crippen LogP contribution in [0.25, 0.3) is 12.2 Å². The lowest BCUT2D eigenvalue weighted by molar-refractivity contribution is -0.386. The molecule has 0 atom stereocenters. The Balaban J connectivity index is 2.48. The van der Waals surface area contributed by atoms with Crippen molar-refractivity contribution in [1.29, 1.82) is 0 Å². The molecular weight excluding hydrogens is 457 g/mol. The maximum absolute atomic E-state index is 11.6. The molecule has 134 valence electrons. The maximum Gasteiger partial charge on any atom is 0.357 e. The lowest BCUT2D eigenvalue weighted by Gasteiger charge is -2.11. The second kappa shape index (κ2) is 8.34. The molecule has 0 unspecified atom stereocenters. The lowest BCUT2D eigenvalue weighted by atomic mass is 10.1. The molecule has 0 amide bonds. The van der Waals surface area contributed by atoms with Gasteiger partial charge in [-0.15, -0.1) is 6.42 Å². The van der Waals surface area contributed by atoms with Crippen molar-refractivity contribution in [3.05, 3.63) is 57.9 Å². The van der Waals surface area contributed by atoms with E-state index in [-0.39, 0.29) is 12.3 Å². The molecule has 1 aromatic heterocycles. The average Bonchev–Trinajstić information content (AvgIpc) is 2.57. The van der Waals surface area contributed by atoms with Gasteiger partial charge in [-0.2, -0.15) is 0 Å². The minimum Gasteiger partial charge on any atom is -0.493 e. The number of hydrogen-bond acceptors (Lipinski definition) is 6. The van der Waals surface area contributed by atoms with Crippen molar-refractivity contribution >= 4 is 40.4 Å². The molecule has 2 aromatic rings. The van der Waals surface area contributed by atoms with E-state index in [1.807, 2.05) is 27.6 Å². The molecule has 0 spiro atoms. The molecule has 1 aromatic carbocycles. The summed E-state index contributed by atoms with van der Waals surface area (Å²) in [5.74, 6) is 3.25. The van der Waals surface area contributed by atoms with Crippen LogP contribution in [0.1, 0.15) is 11.3 Å². The van der Waals surface area contributed by atoms with Gasteiger partial charge in [0.15, 0.2) is 11.5 Å². The third kappa shape index (κ3) is 4.31. The molecule has 0 aliphatic heterocycles. The summed E-state index contributed by atoms with van der Waals surface area (Å²) in [6, 6.07) is 3.35. The van der Waals surface area contributed by atoms with Gasteiger partial charge in [0.25, 0.3) is 0 Å². The fourth-order valence-corrected chi connectivity index (χ4v) is 2.85. The lowest BCUT2D eigenvalue weighted by Crippen LogP contribution is -2.25. The van der Waals surface area contributed by atoms with E-state index in [9.17, 15) is 19.7 Å². The molecule has 0 saturated carbocycles. The first kappa shape index (κ1) is 19.3. The number of benzene rings is 1. The number of ether oxygens (including phenoxy) is 2. The van der Waals surface area contributed by atoms with Crippen LogP contribution in [0.4, 0.5) is 5.69 Å². The number of nitrogens with zero attached hydrogens (tertiary/aromatic N) is 1. The summed E-state index contributed by atoms with van der Waals surface area (Å²) in [6.07, 6.45) is 7.94. The zero-order valence-corrected chi connectivity index (χ0v) is 15.5. The Labute approximate surface area is 160 Å². The number of nitro groups is 1. The van der Waals surface area contributed by atoms with Gasteiger partial charge >= 0.3 is 16.9 Å². The van der Waals surface area contributed by atoms with E-state index in [0.717, 1.165) is 0 Å². The molecule has 0 aliphatic carbocycles. The van der Waals surface area contributed by atoms with E-state index >= 15 is 0 Å². The van der Waals surface area contributed by atoms with E-state index in [2.05, 4.69) is 10.9 Å². The number of terminal acetylenes is 1. The van der Waals surface area contributed by atoms with Crippen LogP contribution in [-0.2, 0) is 0 Å². The monoisotopic (exact) mass is 469 g/mol. The minimum absolute atomic E-state index is 0.0712. The first-order valence-electron chi connectivity index (χ1n) is 7.00. The molecule has 26 heavy (non-hydrogen) atoms. The van der Waals surface area contributed by atoms with E-state index in [1.54, 1.807) is 12.1 Å². The van der Waals surface area contributed by atoms with Gasteiger partial charge in [-0.1, -0.05) is 12.0 Å². The van der Waals surface area contributed by atoms with E-state index in [4.69, 9.17) is 15.9 Å².